The molecule has 0 spiro atoms. The Bertz CT molecular complexity index is 437. The van der Waals surface area contributed by atoms with E-state index < -0.39 is 0 Å². The molecule has 1 heterocycles. The summed E-state index contributed by atoms with van der Waals surface area (Å²) in [6.07, 6.45) is 0. The number of nitrogens with zero attached hydrogens (tertiary/aromatic N) is 2. The van der Waals surface area contributed by atoms with Gasteiger partial charge in [0.1, 0.15) is 11.5 Å². The summed E-state index contributed by atoms with van der Waals surface area (Å²) < 4.78 is 0. The minimum absolute atomic E-state index is 0.0307. The fourth-order valence-corrected chi connectivity index (χ4v) is 1.96. The molecule has 0 aliphatic rings. The van der Waals surface area contributed by atoms with Crippen molar-refractivity contribution in [1.82, 2.24) is 15.2 Å². The summed E-state index contributed by atoms with van der Waals surface area (Å²) in [4.78, 5) is 18.3. The molecule has 0 fully saturated rings. The smallest absolute Gasteiger partial charge is 0.271 e. The number of rotatable bonds is 6. The lowest BCUT2D eigenvalue weighted by atomic mass is 10.2. The van der Waals surface area contributed by atoms with Crippen LogP contribution in [0.5, 0.6) is 0 Å². The second-order valence-electron chi connectivity index (χ2n) is 4.69. The number of aromatic nitrogens is 1. The first-order chi connectivity index (χ1) is 8.93. The average molecular weight is 285 g/mol. The number of nitrogens with one attached hydrogen (secondary N) is 2. The molecule has 2 N–H and O–H groups in total. The van der Waals surface area contributed by atoms with Gasteiger partial charge in [-0.1, -0.05) is 11.6 Å². The van der Waals surface area contributed by atoms with Crippen LogP contribution in [-0.4, -0.2) is 49.0 Å². The molecule has 5 nitrogen and oxygen atoms in total. The number of pyridine rings is 1. The number of anilines is 1. The van der Waals surface area contributed by atoms with Crippen molar-refractivity contribution in [2.75, 3.05) is 32.5 Å². The van der Waals surface area contributed by atoms with Crippen LogP contribution in [0, 0.1) is 0 Å². The highest BCUT2D eigenvalue weighted by molar-refractivity contribution is 6.33. The van der Waals surface area contributed by atoms with E-state index >= 15 is 0 Å². The van der Waals surface area contributed by atoms with Gasteiger partial charge in [-0.25, -0.2) is 4.98 Å². The average Bonchev–Trinajstić information content (AvgIpc) is 2.30. The molecule has 106 valence electrons. The maximum atomic E-state index is 12.1. The van der Waals surface area contributed by atoms with Crippen molar-refractivity contribution in [3.05, 3.63) is 22.8 Å². The minimum atomic E-state index is -0.251. The molecule has 0 aromatic carbocycles. The molecule has 1 atom stereocenters. The van der Waals surface area contributed by atoms with Crippen molar-refractivity contribution >= 4 is 23.3 Å². The van der Waals surface area contributed by atoms with Crippen LogP contribution >= 0.6 is 11.6 Å². The second-order valence-corrected chi connectivity index (χ2v) is 5.10. The van der Waals surface area contributed by atoms with Crippen molar-refractivity contribution in [3.63, 3.8) is 0 Å². The highest BCUT2D eigenvalue weighted by Crippen LogP contribution is 2.16. The second kappa shape index (κ2) is 7.31. The molecule has 1 unspecified atom stereocenters. The third-order valence-corrected chi connectivity index (χ3v) is 2.74. The highest BCUT2D eigenvalue weighted by Gasteiger charge is 2.15. The predicted molar refractivity (Wildman–Crippen MR) is 78.9 cm³/mol. The molecular weight excluding hydrogens is 264 g/mol. The van der Waals surface area contributed by atoms with Crippen LogP contribution < -0.4 is 10.6 Å². The molecule has 0 aliphatic carbocycles. The molecule has 0 bridgehead atoms. The Morgan fingerprint density at radius 1 is 1.47 bits per heavy atom. The van der Waals surface area contributed by atoms with Gasteiger partial charge in [-0.2, -0.15) is 0 Å². The molecular formula is C13H21ClN4O. The van der Waals surface area contributed by atoms with E-state index in [1.165, 1.54) is 0 Å². The Labute approximate surface area is 119 Å². The molecule has 6 heteroatoms. The first kappa shape index (κ1) is 15.7. The summed E-state index contributed by atoms with van der Waals surface area (Å²) in [5, 5.41) is 6.30. The maximum absolute atomic E-state index is 12.1. The molecule has 1 amide bonds. The Balaban J connectivity index is 2.78. The van der Waals surface area contributed by atoms with Gasteiger partial charge in [0.25, 0.3) is 5.91 Å². The minimum Gasteiger partial charge on any atom is -0.370 e. The third-order valence-electron chi connectivity index (χ3n) is 2.44. The SMILES string of the molecule is CCNc1ccc(Cl)c(C(=O)NC(C)CN(C)C)n1. The summed E-state index contributed by atoms with van der Waals surface area (Å²) in [7, 11) is 3.92. The van der Waals surface area contributed by atoms with E-state index in [2.05, 4.69) is 15.6 Å². The molecule has 1 rings (SSSR count). The predicted octanol–water partition coefficient (Wildman–Crippen LogP) is 1.85. The van der Waals surface area contributed by atoms with Gasteiger partial charge in [0.2, 0.25) is 0 Å². The van der Waals surface area contributed by atoms with Crippen molar-refractivity contribution in [2.24, 2.45) is 0 Å². The lowest BCUT2D eigenvalue weighted by molar-refractivity contribution is 0.0929. The molecule has 0 radical (unpaired) electrons. The molecule has 0 saturated carbocycles. The summed E-state index contributed by atoms with van der Waals surface area (Å²) >= 11 is 6.02. The largest absolute Gasteiger partial charge is 0.370 e. The zero-order valence-electron chi connectivity index (χ0n) is 11.8. The van der Waals surface area contributed by atoms with Crippen LogP contribution in [-0.2, 0) is 0 Å². The normalized spacial score (nSPS) is 12.3. The van der Waals surface area contributed by atoms with Gasteiger partial charge in [0.05, 0.1) is 5.02 Å². The number of hydrogen-bond acceptors (Lipinski definition) is 4. The summed E-state index contributed by atoms with van der Waals surface area (Å²) in [6.45, 7) is 5.41. The van der Waals surface area contributed by atoms with Crippen LogP contribution in [0.4, 0.5) is 5.82 Å². The van der Waals surface area contributed by atoms with E-state index in [1.54, 1.807) is 12.1 Å². The fourth-order valence-electron chi connectivity index (χ4n) is 1.77. The highest BCUT2D eigenvalue weighted by atomic mass is 35.5. The Morgan fingerprint density at radius 2 is 2.16 bits per heavy atom. The number of amides is 1. The van der Waals surface area contributed by atoms with Gasteiger partial charge in [0, 0.05) is 19.1 Å². The van der Waals surface area contributed by atoms with Gasteiger partial charge in [-0.05, 0) is 40.1 Å². The molecule has 0 saturated heterocycles. The molecule has 1 aromatic heterocycles. The van der Waals surface area contributed by atoms with Crippen molar-refractivity contribution in [1.29, 1.82) is 0 Å². The van der Waals surface area contributed by atoms with E-state index in [1.807, 2.05) is 32.8 Å². The zero-order valence-corrected chi connectivity index (χ0v) is 12.6. The Kier molecular flexibility index (Phi) is 6.05. The van der Waals surface area contributed by atoms with E-state index in [-0.39, 0.29) is 17.6 Å². The Hall–Kier alpha value is -1.33. The number of likely N-dealkylation sites (N-methyl/N-ethyl adjacent to an activating group) is 1. The fraction of sp³-hybridized carbons (Fsp3) is 0.538. The van der Waals surface area contributed by atoms with Crippen LogP contribution in [0.2, 0.25) is 5.02 Å². The van der Waals surface area contributed by atoms with Gasteiger partial charge >= 0.3 is 0 Å². The molecule has 19 heavy (non-hydrogen) atoms. The van der Waals surface area contributed by atoms with Crippen molar-refractivity contribution in [2.45, 2.75) is 19.9 Å². The van der Waals surface area contributed by atoms with Gasteiger partial charge in [0.15, 0.2) is 0 Å². The van der Waals surface area contributed by atoms with E-state index in [0.717, 1.165) is 13.1 Å². The van der Waals surface area contributed by atoms with E-state index in [9.17, 15) is 4.79 Å². The third kappa shape index (κ3) is 5.04. The maximum Gasteiger partial charge on any atom is 0.271 e. The zero-order chi connectivity index (χ0) is 14.4. The number of carbonyl (C=O) groups excluding carboxylic acids is 1. The standard InChI is InChI=1S/C13H21ClN4O/c1-5-15-11-7-6-10(14)12(17-11)13(19)16-9(2)8-18(3)4/h6-7,9H,5,8H2,1-4H3,(H,15,17)(H,16,19). The lowest BCUT2D eigenvalue weighted by Crippen LogP contribution is -2.40. The van der Waals surface area contributed by atoms with Crippen LogP contribution in [0.25, 0.3) is 0 Å². The first-order valence-corrected chi connectivity index (χ1v) is 6.67. The molecule has 1 aromatic rings. The quantitative estimate of drug-likeness (QED) is 0.837. The van der Waals surface area contributed by atoms with Crippen molar-refractivity contribution < 1.29 is 4.79 Å². The van der Waals surface area contributed by atoms with E-state index in [0.29, 0.717) is 10.8 Å². The number of carbonyl (C=O) groups is 1. The van der Waals surface area contributed by atoms with Crippen LogP contribution in [0.1, 0.15) is 24.3 Å². The topological polar surface area (TPSA) is 57.3 Å². The van der Waals surface area contributed by atoms with Gasteiger partial charge in [-0.15, -0.1) is 0 Å². The Morgan fingerprint density at radius 3 is 2.74 bits per heavy atom. The van der Waals surface area contributed by atoms with Crippen LogP contribution in [0.15, 0.2) is 12.1 Å². The first-order valence-electron chi connectivity index (χ1n) is 6.30. The van der Waals surface area contributed by atoms with Crippen LogP contribution in [0.3, 0.4) is 0 Å². The summed E-state index contributed by atoms with van der Waals surface area (Å²) in [5.74, 6) is 0.399. The molecule has 0 aliphatic heterocycles. The number of hydrogen-bond donors (Lipinski definition) is 2. The van der Waals surface area contributed by atoms with E-state index in [4.69, 9.17) is 11.6 Å². The van der Waals surface area contributed by atoms with Gasteiger partial charge < -0.3 is 15.5 Å². The van der Waals surface area contributed by atoms with Gasteiger partial charge in [-0.3, -0.25) is 4.79 Å². The monoisotopic (exact) mass is 284 g/mol. The summed E-state index contributed by atoms with van der Waals surface area (Å²) in [5.41, 5.74) is 0.255. The lowest BCUT2D eigenvalue weighted by Gasteiger charge is -2.18. The van der Waals surface area contributed by atoms with Crippen molar-refractivity contribution in [3.8, 4) is 0 Å². The number of halogens is 1. The summed E-state index contributed by atoms with van der Waals surface area (Å²) in [6, 6.07) is 3.47.